The number of nitrogens with zero attached hydrogens (tertiary/aromatic N) is 1. The highest BCUT2D eigenvalue weighted by Gasteiger charge is 2.36. The summed E-state index contributed by atoms with van der Waals surface area (Å²) in [6.07, 6.45) is 7.16. The Kier molecular flexibility index (Phi) is 10.2. The van der Waals surface area contributed by atoms with Gasteiger partial charge >= 0.3 is 0 Å². The fraction of sp³-hybridized carbons (Fsp3) is 0.632. The van der Waals surface area contributed by atoms with Crippen molar-refractivity contribution in [2.75, 3.05) is 33.6 Å². The summed E-state index contributed by atoms with van der Waals surface area (Å²) < 4.78 is 5.27. The molecule has 1 fully saturated rings. The first kappa shape index (κ1) is 22.6. The van der Waals surface area contributed by atoms with Crippen LogP contribution in [-0.2, 0) is 11.3 Å². The second-order valence-electron chi connectivity index (χ2n) is 6.69. The molecule has 0 spiro atoms. The van der Waals surface area contributed by atoms with Crippen LogP contribution in [0.25, 0.3) is 0 Å². The van der Waals surface area contributed by atoms with Gasteiger partial charge in [-0.2, -0.15) is 0 Å². The van der Waals surface area contributed by atoms with Gasteiger partial charge in [-0.25, -0.2) is 0 Å². The van der Waals surface area contributed by atoms with E-state index in [-0.39, 0.29) is 24.0 Å². The van der Waals surface area contributed by atoms with Crippen molar-refractivity contribution in [1.29, 1.82) is 0 Å². The van der Waals surface area contributed by atoms with Gasteiger partial charge in [0.1, 0.15) is 0 Å². The maximum atomic E-state index is 5.27. The van der Waals surface area contributed by atoms with Gasteiger partial charge in [-0.3, -0.25) is 4.99 Å². The number of nitrogens with one attached hydrogen (secondary N) is 2. The topological polar surface area (TPSA) is 45.7 Å². The molecule has 0 radical (unpaired) electrons. The second kappa shape index (κ2) is 11.3. The number of aliphatic imine (C=N–C) groups is 1. The monoisotopic (exact) mass is 477 g/mol. The third kappa shape index (κ3) is 6.64. The number of hydrogen-bond acceptors (Lipinski definition) is 3. The minimum atomic E-state index is 0. The van der Waals surface area contributed by atoms with Crippen LogP contribution in [0.2, 0.25) is 0 Å². The summed E-state index contributed by atoms with van der Waals surface area (Å²) in [7, 11) is 3.62. The van der Waals surface area contributed by atoms with Crippen LogP contribution in [0.3, 0.4) is 0 Å². The van der Waals surface area contributed by atoms with Crippen LogP contribution in [0.1, 0.15) is 36.8 Å². The van der Waals surface area contributed by atoms with E-state index in [4.69, 9.17) is 4.74 Å². The Morgan fingerprint density at radius 3 is 2.64 bits per heavy atom. The predicted octanol–water partition coefficient (Wildman–Crippen LogP) is 4.21. The van der Waals surface area contributed by atoms with Crippen LogP contribution in [0, 0.1) is 12.3 Å². The highest BCUT2D eigenvalue weighted by atomic mass is 127. The smallest absolute Gasteiger partial charge is 0.191 e. The quantitative estimate of drug-likeness (QED) is 0.255. The third-order valence-electron chi connectivity index (χ3n) is 4.99. The van der Waals surface area contributed by atoms with Crippen LogP contribution in [-0.4, -0.2) is 39.5 Å². The molecule has 1 aliphatic rings. The summed E-state index contributed by atoms with van der Waals surface area (Å²) >= 11 is 1.79. The maximum absolute atomic E-state index is 5.27. The van der Waals surface area contributed by atoms with Gasteiger partial charge in [0.25, 0.3) is 0 Å². The molecule has 4 nitrogen and oxygen atoms in total. The Morgan fingerprint density at radius 1 is 1.32 bits per heavy atom. The van der Waals surface area contributed by atoms with Crippen molar-refractivity contribution in [1.82, 2.24) is 10.6 Å². The summed E-state index contributed by atoms with van der Waals surface area (Å²) in [6.45, 7) is 4.74. The number of benzene rings is 1. The molecule has 1 aromatic carbocycles. The van der Waals surface area contributed by atoms with E-state index in [1.165, 1.54) is 35.3 Å². The molecule has 1 saturated carbocycles. The summed E-state index contributed by atoms with van der Waals surface area (Å²) in [4.78, 5) is 5.70. The van der Waals surface area contributed by atoms with Gasteiger partial charge in [-0.1, -0.05) is 18.6 Å². The average molecular weight is 477 g/mol. The first-order valence-corrected chi connectivity index (χ1v) is 9.92. The molecule has 2 rings (SSSR count). The molecule has 0 saturated heterocycles. The Hall–Kier alpha value is -0.470. The van der Waals surface area contributed by atoms with E-state index < -0.39 is 0 Å². The van der Waals surface area contributed by atoms with Crippen molar-refractivity contribution < 1.29 is 4.74 Å². The van der Waals surface area contributed by atoms with E-state index >= 15 is 0 Å². The van der Waals surface area contributed by atoms with Crippen molar-refractivity contribution >= 4 is 41.7 Å². The predicted molar refractivity (Wildman–Crippen MR) is 119 cm³/mol. The Morgan fingerprint density at radius 2 is 2.08 bits per heavy atom. The van der Waals surface area contributed by atoms with Crippen LogP contribution in [0.15, 0.2) is 28.1 Å². The normalized spacial score (nSPS) is 15.9. The van der Waals surface area contributed by atoms with Crippen LogP contribution in [0.5, 0.6) is 0 Å². The number of halogens is 1. The lowest BCUT2D eigenvalue weighted by Crippen LogP contribution is -2.46. The molecule has 0 heterocycles. The molecule has 0 aliphatic heterocycles. The summed E-state index contributed by atoms with van der Waals surface area (Å²) in [6, 6.07) is 6.61. The Balaban J connectivity index is 0.00000312. The zero-order chi connectivity index (χ0) is 17.4. The van der Waals surface area contributed by atoms with Crippen LogP contribution in [0.4, 0.5) is 0 Å². The van der Waals surface area contributed by atoms with Crippen LogP contribution < -0.4 is 10.6 Å². The molecule has 0 bridgehead atoms. The number of ether oxygens (including phenoxy) is 1. The molecule has 6 heteroatoms. The van der Waals surface area contributed by atoms with Crippen molar-refractivity contribution in [3.63, 3.8) is 0 Å². The fourth-order valence-electron chi connectivity index (χ4n) is 3.18. The van der Waals surface area contributed by atoms with Gasteiger partial charge in [-0.15, -0.1) is 35.7 Å². The number of guanidine groups is 1. The van der Waals surface area contributed by atoms with E-state index in [9.17, 15) is 0 Å². The lowest BCUT2D eigenvalue weighted by Gasteiger charge is -2.42. The lowest BCUT2D eigenvalue weighted by molar-refractivity contribution is 0.0732. The molecule has 0 aromatic heterocycles. The minimum Gasteiger partial charge on any atom is -0.385 e. The number of methoxy groups -OCH3 is 1. The molecule has 0 unspecified atom stereocenters. The Bertz CT molecular complexity index is 562. The Labute approximate surface area is 174 Å². The molecule has 0 atom stereocenters. The third-order valence-corrected chi connectivity index (χ3v) is 5.81. The maximum Gasteiger partial charge on any atom is 0.191 e. The highest BCUT2D eigenvalue weighted by Crippen LogP contribution is 2.43. The molecule has 2 N–H and O–H groups in total. The van der Waals surface area contributed by atoms with Crippen LogP contribution >= 0.6 is 35.7 Å². The molecular weight excluding hydrogens is 445 g/mol. The number of thioether (sulfide) groups is 1. The highest BCUT2D eigenvalue weighted by molar-refractivity contribution is 14.0. The molecule has 0 amide bonds. The zero-order valence-electron chi connectivity index (χ0n) is 15.9. The van der Waals surface area contributed by atoms with Crippen molar-refractivity contribution in [3.05, 3.63) is 29.3 Å². The summed E-state index contributed by atoms with van der Waals surface area (Å²) in [5.74, 6) is 0.881. The first-order valence-electron chi connectivity index (χ1n) is 8.69. The molecule has 142 valence electrons. The average Bonchev–Trinajstić information content (AvgIpc) is 2.56. The van der Waals surface area contributed by atoms with Crippen molar-refractivity contribution in [2.45, 2.75) is 44.0 Å². The standard InChI is InChI=1S/C19H31N3OS.HI/c1-15-6-7-16(17(12-15)24-4)13-21-18(20-2)22-14-19(8-5-9-19)10-11-23-3;/h6-7,12H,5,8-11,13-14H2,1-4H3,(H2,20,21,22);1H. The van der Waals surface area contributed by atoms with E-state index in [1.54, 1.807) is 18.9 Å². The lowest BCUT2D eigenvalue weighted by atomic mass is 9.67. The SMILES string of the molecule is CN=C(NCc1ccc(C)cc1SC)NCC1(CCOC)CCC1.I. The number of aryl methyl sites for hydroxylation is 1. The van der Waals surface area contributed by atoms with Gasteiger partial charge in [0.05, 0.1) is 0 Å². The van der Waals surface area contributed by atoms with E-state index in [0.717, 1.165) is 32.1 Å². The summed E-state index contributed by atoms with van der Waals surface area (Å²) in [5.41, 5.74) is 3.01. The van der Waals surface area contributed by atoms with Gasteiger partial charge < -0.3 is 15.4 Å². The van der Waals surface area contributed by atoms with Gasteiger partial charge in [-0.05, 0) is 55.1 Å². The molecule has 1 aliphatic carbocycles. The number of rotatable bonds is 8. The van der Waals surface area contributed by atoms with Gasteiger partial charge in [0.2, 0.25) is 0 Å². The van der Waals surface area contributed by atoms with Gasteiger partial charge in [0, 0.05) is 38.7 Å². The molecule has 1 aromatic rings. The van der Waals surface area contributed by atoms with E-state index in [1.807, 2.05) is 7.05 Å². The zero-order valence-corrected chi connectivity index (χ0v) is 19.0. The van der Waals surface area contributed by atoms with Crippen molar-refractivity contribution in [3.8, 4) is 0 Å². The molecular formula is C19H32IN3OS. The first-order chi connectivity index (χ1) is 11.6. The fourth-order valence-corrected chi connectivity index (χ4v) is 3.89. The van der Waals surface area contributed by atoms with E-state index in [2.05, 4.69) is 47.0 Å². The van der Waals surface area contributed by atoms with E-state index in [0.29, 0.717) is 5.41 Å². The molecule has 25 heavy (non-hydrogen) atoms. The van der Waals surface area contributed by atoms with Crippen molar-refractivity contribution in [2.24, 2.45) is 10.4 Å². The van der Waals surface area contributed by atoms with Gasteiger partial charge in [0.15, 0.2) is 5.96 Å². The minimum absolute atomic E-state index is 0. The second-order valence-corrected chi connectivity index (χ2v) is 7.54. The summed E-state index contributed by atoms with van der Waals surface area (Å²) in [5, 5.41) is 6.97. The largest absolute Gasteiger partial charge is 0.385 e. The number of hydrogen-bond donors (Lipinski definition) is 2.